The van der Waals surface area contributed by atoms with Gasteiger partial charge in [0.05, 0.1) is 61.2 Å². The zero-order valence-electron chi connectivity index (χ0n) is 28.1. The van der Waals surface area contributed by atoms with Crippen LogP contribution in [-0.4, -0.2) is 102 Å². The Kier molecular flexibility index (Phi) is 14.1. The summed E-state index contributed by atoms with van der Waals surface area (Å²) in [6.07, 6.45) is -0.518. The number of thiazole rings is 1. The monoisotopic (exact) mass is 715 g/mol. The van der Waals surface area contributed by atoms with Crippen LogP contribution < -0.4 is 15.8 Å². The summed E-state index contributed by atoms with van der Waals surface area (Å²) in [5.74, 6) is -0.958. The van der Waals surface area contributed by atoms with Crippen molar-refractivity contribution in [3.63, 3.8) is 0 Å². The van der Waals surface area contributed by atoms with Crippen LogP contribution in [0, 0.1) is 12.8 Å². The number of nitrogens with zero attached hydrogens (tertiary/aromatic N) is 3. The first-order valence-corrected chi connectivity index (χ1v) is 17.2. The van der Waals surface area contributed by atoms with Gasteiger partial charge in [-0.2, -0.15) is 0 Å². The van der Waals surface area contributed by atoms with Gasteiger partial charge < -0.3 is 35.3 Å². The standard InChI is InChI=1S/C35H45N5O7S.ClH/c1-22(2)31(39-19-25-6-4-5-7-28(25)33(39)42)35(44)40(34(43)29-17-27(41)18-37-29)20-26-9-8-24(32-23(3)38-21-48-32)16-30(26)47-15-14-46-13-12-45-11-10-36;/h4-9,16,21-22,27,29,31,37,41H,10-15,17-20,36H2,1-3H3;1H/t27-,29+,31+;/m1./s1. The second kappa shape index (κ2) is 18.0. The minimum atomic E-state index is -0.890. The third-order valence-corrected chi connectivity index (χ3v) is 9.51. The van der Waals surface area contributed by atoms with E-state index >= 15 is 0 Å². The number of rotatable bonds is 16. The number of imide groups is 1. The van der Waals surface area contributed by atoms with Crippen molar-refractivity contribution in [3.05, 3.63) is 70.4 Å². The van der Waals surface area contributed by atoms with Crippen LogP contribution >= 0.6 is 23.7 Å². The molecule has 0 bridgehead atoms. The number of nitrogens with two attached hydrogens (primary N) is 1. The molecule has 0 saturated carbocycles. The fraction of sp³-hybridized carbons (Fsp3) is 0.486. The number of aromatic nitrogens is 1. The highest BCUT2D eigenvalue weighted by molar-refractivity contribution is 7.13. The Hall–Kier alpha value is -3.43. The fourth-order valence-electron chi connectivity index (χ4n) is 6.12. The minimum absolute atomic E-state index is 0. The summed E-state index contributed by atoms with van der Waals surface area (Å²) in [6, 6.07) is 11.4. The molecule has 0 unspecified atom stereocenters. The van der Waals surface area contributed by atoms with Gasteiger partial charge in [0.15, 0.2) is 0 Å². The third-order valence-electron chi connectivity index (χ3n) is 8.53. The van der Waals surface area contributed by atoms with Crippen LogP contribution in [0.2, 0.25) is 0 Å². The number of hydrogen-bond donors (Lipinski definition) is 3. The molecule has 3 aromatic rings. The molecule has 1 fully saturated rings. The number of carbonyl (C=O) groups excluding carboxylic acids is 3. The van der Waals surface area contributed by atoms with E-state index in [0.717, 1.165) is 21.7 Å². The lowest BCUT2D eigenvalue weighted by Gasteiger charge is -2.35. The summed E-state index contributed by atoms with van der Waals surface area (Å²) in [5, 5.41) is 13.3. The zero-order valence-corrected chi connectivity index (χ0v) is 29.8. The molecule has 0 radical (unpaired) electrons. The van der Waals surface area contributed by atoms with E-state index in [1.807, 2.05) is 51.1 Å². The number of carbonyl (C=O) groups is 3. The molecule has 266 valence electrons. The van der Waals surface area contributed by atoms with Crippen molar-refractivity contribution in [1.82, 2.24) is 20.1 Å². The number of halogens is 1. The lowest BCUT2D eigenvalue weighted by Crippen LogP contribution is -2.55. The second-order valence-electron chi connectivity index (χ2n) is 12.3. The molecule has 12 nitrogen and oxygen atoms in total. The molecule has 2 aliphatic heterocycles. The molecular weight excluding hydrogens is 670 g/mol. The molecule has 3 amide bonds. The molecule has 2 aliphatic rings. The first-order valence-electron chi connectivity index (χ1n) is 16.4. The van der Waals surface area contributed by atoms with Gasteiger partial charge >= 0.3 is 0 Å². The number of amides is 3. The maximum absolute atomic E-state index is 14.6. The topological polar surface area (TPSA) is 157 Å². The molecular formula is C35H46ClN5O7S. The summed E-state index contributed by atoms with van der Waals surface area (Å²) in [4.78, 5) is 50.4. The van der Waals surface area contributed by atoms with E-state index in [2.05, 4.69) is 10.3 Å². The SMILES string of the molecule is Cc1ncsc1-c1ccc(CN(C(=O)[C@@H]2C[C@@H](O)CN2)C(=O)[C@H](C(C)C)N2Cc3ccccc3C2=O)c(OCCOCCOCCN)c1.Cl. The Morgan fingerprint density at radius 2 is 1.86 bits per heavy atom. The predicted octanol–water partition coefficient (Wildman–Crippen LogP) is 3.17. The highest BCUT2D eigenvalue weighted by atomic mass is 35.5. The number of aryl methyl sites for hydroxylation is 1. The Bertz CT molecular complexity index is 1590. The number of ether oxygens (including phenoxy) is 3. The van der Waals surface area contributed by atoms with Crippen LogP contribution in [-0.2, 0) is 32.2 Å². The van der Waals surface area contributed by atoms with Gasteiger partial charge in [-0.1, -0.05) is 44.2 Å². The Morgan fingerprint density at radius 1 is 1.12 bits per heavy atom. The van der Waals surface area contributed by atoms with Gasteiger partial charge in [0.2, 0.25) is 5.91 Å². The lowest BCUT2D eigenvalue weighted by atomic mass is 9.99. The average molecular weight is 716 g/mol. The first kappa shape index (κ1) is 38.4. The largest absolute Gasteiger partial charge is 0.491 e. The van der Waals surface area contributed by atoms with Crippen molar-refractivity contribution in [3.8, 4) is 16.2 Å². The number of β-amino-alcohol motifs (C(OH)–C–C–N with tert-alkyl or cyclic N) is 1. The van der Waals surface area contributed by atoms with E-state index in [-0.39, 0.29) is 56.9 Å². The smallest absolute Gasteiger partial charge is 0.255 e. The molecule has 5 rings (SSSR count). The predicted molar refractivity (Wildman–Crippen MR) is 189 cm³/mol. The van der Waals surface area contributed by atoms with E-state index in [4.69, 9.17) is 19.9 Å². The van der Waals surface area contributed by atoms with E-state index in [1.165, 1.54) is 16.2 Å². The number of aliphatic hydroxyl groups excluding tert-OH is 1. The quantitative estimate of drug-likeness (QED) is 0.188. The van der Waals surface area contributed by atoms with Gasteiger partial charge in [-0.15, -0.1) is 23.7 Å². The van der Waals surface area contributed by atoms with Gasteiger partial charge in [-0.3, -0.25) is 19.3 Å². The number of benzene rings is 2. The molecule has 4 N–H and O–H groups in total. The number of nitrogens with one attached hydrogen (secondary N) is 1. The van der Waals surface area contributed by atoms with Crippen LogP contribution in [0.25, 0.3) is 10.4 Å². The number of hydrogen-bond acceptors (Lipinski definition) is 11. The summed E-state index contributed by atoms with van der Waals surface area (Å²) < 4.78 is 17.3. The van der Waals surface area contributed by atoms with Crippen molar-refractivity contribution in [2.45, 2.75) is 58.5 Å². The Labute approximate surface area is 297 Å². The minimum Gasteiger partial charge on any atom is -0.491 e. The molecule has 14 heteroatoms. The maximum atomic E-state index is 14.6. The zero-order chi connectivity index (χ0) is 34.2. The molecule has 49 heavy (non-hydrogen) atoms. The van der Waals surface area contributed by atoms with E-state index < -0.39 is 30.0 Å². The summed E-state index contributed by atoms with van der Waals surface area (Å²) >= 11 is 1.51. The Morgan fingerprint density at radius 3 is 2.51 bits per heavy atom. The lowest BCUT2D eigenvalue weighted by molar-refractivity contribution is -0.151. The van der Waals surface area contributed by atoms with Crippen molar-refractivity contribution in [2.24, 2.45) is 11.7 Å². The van der Waals surface area contributed by atoms with Crippen LogP contribution in [0.5, 0.6) is 5.75 Å². The normalized spacial score (nSPS) is 17.6. The molecule has 2 aromatic carbocycles. The molecule has 1 aromatic heterocycles. The molecule has 3 atom stereocenters. The van der Waals surface area contributed by atoms with E-state index in [1.54, 1.807) is 22.5 Å². The first-order chi connectivity index (χ1) is 23.2. The molecule has 1 saturated heterocycles. The van der Waals surface area contributed by atoms with Gasteiger partial charge in [-0.25, -0.2) is 4.98 Å². The van der Waals surface area contributed by atoms with Gasteiger partial charge in [0, 0.05) is 30.8 Å². The average Bonchev–Trinajstić information content (AvgIpc) is 3.79. The van der Waals surface area contributed by atoms with Crippen molar-refractivity contribution in [2.75, 3.05) is 46.1 Å². The highest BCUT2D eigenvalue weighted by Crippen LogP contribution is 2.34. The molecule has 3 heterocycles. The number of fused-ring (bicyclic) bond motifs is 1. The van der Waals surface area contributed by atoms with Gasteiger partial charge in [0.1, 0.15) is 18.4 Å². The van der Waals surface area contributed by atoms with Gasteiger partial charge in [-0.05, 0) is 42.5 Å². The van der Waals surface area contributed by atoms with Gasteiger partial charge in [0.25, 0.3) is 11.8 Å². The third kappa shape index (κ3) is 9.23. The van der Waals surface area contributed by atoms with E-state index in [9.17, 15) is 19.5 Å². The van der Waals surface area contributed by atoms with E-state index in [0.29, 0.717) is 49.8 Å². The molecule has 0 spiro atoms. The van der Waals surface area contributed by atoms with Crippen LogP contribution in [0.3, 0.4) is 0 Å². The van der Waals surface area contributed by atoms with Crippen LogP contribution in [0.1, 0.15) is 47.4 Å². The van der Waals surface area contributed by atoms with Crippen LogP contribution in [0.15, 0.2) is 48.0 Å². The summed E-state index contributed by atoms with van der Waals surface area (Å²) in [7, 11) is 0. The van der Waals surface area contributed by atoms with Crippen LogP contribution in [0.4, 0.5) is 0 Å². The Balaban J connectivity index is 0.00000541. The van der Waals surface area contributed by atoms with Crippen molar-refractivity contribution < 1.29 is 33.7 Å². The number of aliphatic hydroxyl groups is 1. The fourth-order valence-corrected chi connectivity index (χ4v) is 6.93. The second-order valence-corrected chi connectivity index (χ2v) is 13.2. The summed E-state index contributed by atoms with van der Waals surface area (Å²) in [6.45, 7) is 8.38. The summed E-state index contributed by atoms with van der Waals surface area (Å²) in [5.41, 5.74) is 11.0. The van der Waals surface area contributed by atoms with Crippen molar-refractivity contribution >= 4 is 41.5 Å². The highest BCUT2D eigenvalue weighted by Gasteiger charge is 2.43. The molecule has 0 aliphatic carbocycles. The van der Waals surface area contributed by atoms with Crippen molar-refractivity contribution in [1.29, 1.82) is 0 Å². The maximum Gasteiger partial charge on any atom is 0.255 e.